The molecule has 0 unspecified atom stereocenters. The van der Waals surface area contributed by atoms with Crippen molar-refractivity contribution >= 4 is 11.8 Å². The molecule has 0 spiro atoms. The van der Waals surface area contributed by atoms with E-state index in [1.165, 1.54) is 30.0 Å². The zero-order valence-electron chi connectivity index (χ0n) is 7.36. The second-order valence-electron chi connectivity index (χ2n) is 3.30. The average molecular weight is 182 g/mol. The molecule has 0 aromatic carbocycles. The van der Waals surface area contributed by atoms with Crippen molar-refractivity contribution < 1.29 is 0 Å². The molecule has 0 atom stereocenters. The van der Waals surface area contributed by atoms with Gasteiger partial charge in [-0.05, 0) is 30.4 Å². The predicted molar refractivity (Wildman–Crippen MR) is 52.5 cm³/mol. The third kappa shape index (κ3) is 1.66. The number of thioether (sulfide) groups is 1. The summed E-state index contributed by atoms with van der Waals surface area (Å²) in [4.78, 5) is 0. The molecule has 3 heteroatoms. The number of hydrogen-bond donors (Lipinski definition) is 0. The van der Waals surface area contributed by atoms with E-state index in [0.717, 1.165) is 5.92 Å². The maximum absolute atomic E-state index is 4.44. The predicted octanol–water partition coefficient (Wildman–Crippen LogP) is 2.03. The van der Waals surface area contributed by atoms with Crippen LogP contribution in [0.4, 0.5) is 0 Å². The van der Waals surface area contributed by atoms with E-state index in [-0.39, 0.29) is 0 Å². The topological polar surface area (TPSA) is 17.8 Å². The first-order chi connectivity index (χ1) is 5.86. The molecule has 1 aromatic rings. The van der Waals surface area contributed by atoms with Gasteiger partial charge in [0, 0.05) is 19.2 Å². The Morgan fingerprint density at radius 2 is 2.25 bits per heavy atom. The van der Waals surface area contributed by atoms with Crippen LogP contribution in [0.3, 0.4) is 0 Å². The fourth-order valence-electron chi connectivity index (χ4n) is 1.64. The molecule has 0 N–H and O–H groups in total. The molecule has 0 saturated carbocycles. The molecule has 66 valence electrons. The molecular formula is C9H14N2S. The van der Waals surface area contributed by atoms with Gasteiger partial charge < -0.3 is 0 Å². The summed E-state index contributed by atoms with van der Waals surface area (Å²) in [6, 6.07) is 2.15. The maximum atomic E-state index is 4.44. The summed E-state index contributed by atoms with van der Waals surface area (Å²) in [6.07, 6.45) is 4.65. The molecule has 0 aliphatic carbocycles. The van der Waals surface area contributed by atoms with E-state index in [4.69, 9.17) is 0 Å². The molecule has 0 bridgehead atoms. The Bertz CT molecular complexity index is 251. The zero-order chi connectivity index (χ0) is 8.39. The molecule has 0 amide bonds. The van der Waals surface area contributed by atoms with Gasteiger partial charge in [-0.25, -0.2) is 0 Å². The second-order valence-corrected chi connectivity index (χ2v) is 4.53. The van der Waals surface area contributed by atoms with Crippen LogP contribution in [0.1, 0.15) is 24.5 Å². The van der Waals surface area contributed by atoms with E-state index in [1.54, 1.807) is 0 Å². The number of hydrogen-bond acceptors (Lipinski definition) is 2. The van der Waals surface area contributed by atoms with Crippen LogP contribution in [0.2, 0.25) is 0 Å². The van der Waals surface area contributed by atoms with E-state index < -0.39 is 0 Å². The summed E-state index contributed by atoms with van der Waals surface area (Å²) in [6.45, 7) is 0. The fourth-order valence-corrected chi connectivity index (χ4v) is 2.75. The van der Waals surface area contributed by atoms with Gasteiger partial charge in [-0.3, -0.25) is 4.68 Å². The van der Waals surface area contributed by atoms with Gasteiger partial charge in [0.1, 0.15) is 0 Å². The van der Waals surface area contributed by atoms with Crippen LogP contribution in [0, 0.1) is 0 Å². The third-order valence-corrected chi connectivity index (χ3v) is 3.42. The van der Waals surface area contributed by atoms with Gasteiger partial charge in [0.15, 0.2) is 0 Å². The van der Waals surface area contributed by atoms with Gasteiger partial charge in [-0.2, -0.15) is 16.9 Å². The van der Waals surface area contributed by atoms with Crippen molar-refractivity contribution in [2.24, 2.45) is 7.05 Å². The first kappa shape index (κ1) is 8.17. The largest absolute Gasteiger partial charge is 0.276 e. The Balaban J connectivity index is 2.08. The quantitative estimate of drug-likeness (QED) is 0.661. The fraction of sp³-hybridized carbons (Fsp3) is 0.667. The molecule has 12 heavy (non-hydrogen) atoms. The summed E-state index contributed by atoms with van der Waals surface area (Å²) in [5.74, 6) is 3.34. The van der Waals surface area contributed by atoms with Crippen molar-refractivity contribution in [3.63, 3.8) is 0 Å². The SMILES string of the molecule is Cn1ccc(C2CCSCC2)n1. The highest BCUT2D eigenvalue weighted by Crippen LogP contribution is 2.29. The van der Waals surface area contributed by atoms with E-state index in [2.05, 4.69) is 22.9 Å². The highest BCUT2D eigenvalue weighted by molar-refractivity contribution is 7.99. The first-order valence-electron chi connectivity index (χ1n) is 4.43. The highest BCUT2D eigenvalue weighted by Gasteiger charge is 2.17. The smallest absolute Gasteiger partial charge is 0.0655 e. The molecule has 1 aliphatic rings. The van der Waals surface area contributed by atoms with E-state index in [9.17, 15) is 0 Å². The first-order valence-corrected chi connectivity index (χ1v) is 5.59. The van der Waals surface area contributed by atoms with Crippen molar-refractivity contribution in [2.75, 3.05) is 11.5 Å². The van der Waals surface area contributed by atoms with Crippen LogP contribution in [-0.2, 0) is 7.05 Å². The number of nitrogens with zero attached hydrogens (tertiary/aromatic N) is 2. The molecule has 1 fully saturated rings. The molecule has 0 radical (unpaired) electrons. The number of aromatic nitrogens is 2. The second kappa shape index (κ2) is 3.52. The Labute approximate surface area is 77.3 Å². The van der Waals surface area contributed by atoms with Crippen molar-refractivity contribution in [1.29, 1.82) is 0 Å². The molecular weight excluding hydrogens is 168 g/mol. The molecule has 2 rings (SSSR count). The summed E-state index contributed by atoms with van der Waals surface area (Å²) in [5.41, 5.74) is 1.29. The summed E-state index contributed by atoms with van der Waals surface area (Å²) < 4.78 is 1.90. The summed E-state index contributed by atoms with van der Waals surface area (Å²) in [5, 5.41) is 4.44. The van der Waals surface area contributed by atoms with Gasteiger partial charge in [0.05, 0.1) is 5.69 Å². The molecule has 2 nitrogen and oxygen atoms in total. The van der Waals surface area contributed by atoms with Crippen LogP contribution in [-0.4, -0.2) is 21.3 Å². The van der Waals surface area contributed by atoms with Gasteiger partial charge in [-0.1, -0.05) is 0 Å². The molecule has 1 aromatic heterocycles. The zero-order valence-corrected chi connectivity index (χ0v) is 8.18. The Kier molecular flexibility index (Phi) is 2.40. The minimum absolute atomic E-state index is 0.729. The maximum Gasteiger partial charge on any atom is 0.0655 e. The van der Waals surface area contributed by atoms with E-state index in [1.807, 2.05) is 17.9 Å². The van der Waals surface area contributed by atoms with E-state index in [0.29, 0.717) is 0 Å². The van der Waals surface area contributed by atoms with Crippen molar-refractivity contribution in [2.45, 2.75) is 18.8 Å². The Hall–Kier alpha value is -0.440. The average Bonchev–Trinajstić information content (AvgIpc) is 2.54. The lowest BCUT2D eigenvalue weighted by molar-refractivity contribution is 0.600. The minimum atomic E-state index is 0.729. The lowest BCUT2D eigenvalue weighted by Gasteiger charge is -2.18. The highest BCUT2D eigenvalue weighted by atomic mass is 32.2. The number of rotatable bonds is 1. The third-order valence-electron chi connectivity index (χ3n) is 2.37. The monoisotopic (exact) mass is 182 g/mol. The van der Waals surface area contributed by atoms with Crippen molar-refractivity contribution in [3.8, 4) is 0 Å². The minimum Gasteiger partial charge on any atom is -0.276 e. The molecule has 1 aliphatic heterocycles. The van der Waals surface area contributed by atoms with E-state index >= 15 is 0 Å². The lowest BCUT2D eigenvalue weighted by atomic mass is 9.99. The van der Waals surface area contributed by atoms with Gasteiger partial charge >= 0.3 is 0 Å². The van der Waals surface area contributed by atoms with Crippen LogP contribution in [0.25, 0.3) is 0 Å². The van der Waals surface area contributed by atoms with Crippen LogP contribution >= 0.6 is 11.8 Å². The van der Waals surface area contributed by atoms with Gasteiger partial charge in [-0.15, -0.1) is 0 Å². The Morgan fingerprint density at radius 1 is 1.50 bits per heavy atom. The van der Waals surface area contributed by atoms with Gasteiger partial charge in [0.25, 0.3) is 0 Å². The summed E-state index contributed by atoms with van der Waals surface area (Å²) >= 11 is 2.07. The molecule has 1 saturated heterocycles. The van der Waals surface area contributed by atoms with Gasteiger partial charge in [0.2, 0.25) is 0 Å². The lowest BCUT2D eigenvalue weighted by Crippen LogP contribution is -2.08. The Morgan fingerprint density at radius 3 is 2.83 bits per heavy atom. The van der Waals surface area contributed by atoms with Crippen LogP contribution in [0.5, 0.6) is 0 Å². The van der Waals surface area contributed by atoms with Crippen molar-refractivity contribution in [3.05, 3.63) is 18.0 Å². The van der Waals surface area contributed by atoms with Crippen molar-refractivity contribution in [1.82, 2.24) is 9.78 Å². The van der Waals surface area contributed by atoms with Crippen LogP contribution < -0.4 is 0 Å². The molecule has 2 heterocycles. The standard InChI is InChI=1S/C9H14N2S/c1-11-5-2-9(10-11)8-3-6-12-7-4-8/h2,5,8H,3-4,6-7H2,1H3. The summed E-state index contributed by atoms with van der Waals surface area (Å²) in [7, 11) is 1.99. The van der Waals surface area contributed by atoms with Crippen LogP contribution in [0.15, 0.2) is 12.3 Å². The number of aryl methyl sites for hydroxylation is 1. The normalized spacial score (nSPS) is 19.8.